The van der Waals surface area contributed by atoms with Crippen LogP contribution in [0.2, 0.25) is 0 Å². The summed E-state index contributed by atoms with van der Waals surface area (Å²) in [6.07, 6.45) is 5.00. The van der Waals surface area contributed by atoms with Crippen LogP contribution < -0.4 is 15.8 Å². The molecule has 4 atom stereocenters. The van der Waals surface area contributed by atoms with Crippen molar-refractivity contribution in [2.45, 2.75) is 112 Å². The number of esters is 1. The summed E-state index contributed by atoms with van der Waals surface area (Å²) in [5, 5.41) is 3.03. The number of carbonyl (C=O) groups excluding carboxylic acids is 2. The Hall–Kier alpha value is -2.08. The van der Waals surface area contributed by atoms with Crippen molar-refractivity contribution in [3.63, 3.8) is 0 Å². The van der Waals surface area contributed by atoms with E-state index in [2.05, 4.69) is 72.0 Å². The molecule has 0 aliphatic rings. The lowest BCUT2D eigenvalue weighted by atomic mass is 9.78. The zero-order chi connectivity index (χ0) is 28.2. The number of hydrogen-bond donors (Lipinski definition) is 2. The predicted molar refractivity (Wildman–Crippen MR) is 153 cm³/mol. The lowest BCUT2D eigenvalue weighted by Crippen LogP contribution is -2.37. The second-order valence-electron chi connectivity index (χ2n) is 12.1. The van der Waals surface area contributed by atoms with Crippen molar-refractivity contribution in [3.05, 3.63) is 29.3 Å². The molecule has 1 aromatic rings. The van der Waals surface area contributed by atoms with Crippen LogP contribution >= 0.6 is 0 Å². The molecule has 3 N–H and O–H groups in total. The molecule has 0 spiro atoms. The Morgan fingerprint density at radius 3 is 2.30 bits per heavy atom. The fourth-order valence-corrected chi connectivity index (χ4v) is 4.55. The molecule has 0 radical (unpaired) electrons. The van der Waals surface area contributed by atoms with Gasteiger partial charge in [-0.3, -0.25) is 9.59 Å². The molecule has 0 saturated heterocycles. The van der Waals surface area contributed by atoms with E-state index in [1.165, 1.54) is 5.56 Å². The maximum Gasteiger partial charge on any atom is 0.308 e. The van der Waals surface area contributed by atoms with E-state index in [4.69, 9.17) is 15.2 Å². The van der Waals surface area contributed by atoms with Crippen LogP contribution in [0.25, 0.3) is 0 Å². The minimum Gasteiger partial charge on any atom is -0.457 e. The van der Waals surface area contributed by atoms with Crippen LogP contribution in [0.5, 0.6) is 5.75 Å². The predicted octanol–water partition coefficient (Wildman–Crippen LogP) is 6.38. The normalized spacial score (nSPS) is 15.1. The van der Waals surface area contributed by atoms with Gasteiger partial charge in [-0.15, -0.1) is 0 Å². The molecule has 1 rings (SSSR count). The summed E-state index contributed by atoms with van der Waals surface area (Å²) in [6.45, 7) is 19.7. The van der Waals surface area contributed by atoms with Gasteiger partial charge in [0.15, 0.2) is 0 Å². The molecule has 0 heterocycles. The van der Waals surface area contributed by atoms with Gasteiger partial charge in [0.1, 0.15) is 5.75 Å². The monoisotopic (exact) mass is 518 g/mol. The Balaban J connectivity index is 2.89. The van der Waals surface area contributed by atoms with Gasteiger partial charge in [-0.25, -0.2) is 0 Å². The topological polar surface area (TPSA) is 90.7 Å². The Morgan fingerprint density at radius 1 is 1.05 bits per heavy atom. The van der Waals surface area contributed by atoms with E-state index >= 15 is 0 Å². The van der Waals surface area contributed by atoms with Crippen LogP contribution in [-0.2, 0) is 26.2 Å². The number of unbranched alkanes of at least 4 members (excludes halogenated alkanes) is 1. The first-order chi connectivity index (χ1) is 17.3. The van der Waals surface area contributed by atoms with Gasteiger partial charge in [-0.1, -0.05) is 80.9 Å². The molecule has 6 heteroatoms. The molecule has 1 amide bonds. The molecular weight excluding hydrogens is 464 g/mol. The Morgan fingerprint density at radius 2 is 1.73 bits per heavy atom. The van der Waals surface area contributed by atoms with Gasteiger partial charge < -0.3 is 20.5 Å². The third kappa shape index (κ3) is 11.9. The summed E-state index contributed by atoms with van der Waals surface area (Å²) >= 11 is 0. The second kappa shape index (κ2) is 16.0. The van der Waals surface area contributed by atoms with Crippen molar-refractivity contribution in [1.29, 1.82) is 0 Å². The maximum atomic E-state index is 12.4. The average molecular weight is 519 g/mol. The van der Waals surface area contributed by atoms with Crippen molar-refractivity contribution in [1.82, 2.24) is 5.32 Å². The molecule has 0 aromatic heterocycles. The standard InChI is InChI=1S/C31H54N2O4/c1-10-12-15-33-30(35)23(6)17-27(32)22(5)16-25(21(3)4)18-24-13-14-26(31(7,8)9)28(19-24)36-20-37-29(34)11-2/h13-14,19,21-23,25,27H,10-12,15-18,20,32H2,1-9H3,(H,33,35)/t22-,23?,25+,27-/m0/s1. The summed E-state index contributed by atoms with van der Waals surface area (Å²) in [4.78, 5) is 24.0. The average Bonchev–Trinajstić information content (AvgIpc) is 2.82. The molecule has 1 aromatic carbocycles. The number of amides is 1. The highest BCUT2D eigenvalue weighted by Gasteiger charge is 2.26. The highest BCUT2D eigenvalue weighted by atomic mass is 16.7. The van der Waals surface area contributed by atoms with Gasteiger partial charge in [0, 0.05) is 24.9 Å². The van der Waals surface area contributed by atoms with Crippen molar-refractivity contribution in [2.75, 3.05) is 13.3 Å². The summed E-state index contributed by atoms with van der Waals surface area (Å²) in [6, 6.07) is 6.40. The Bertz CT molecular complexity index is 831. The fourth-order valence-electron chi connectivity index (χ4n) is 4.55. The lowest BCUT2D eigenvalue weighted by Gasteiger charge is -2.29. The lowest BCUT2D eigenvalue weighted by molar-refractivity contribution is -0.149. The van der Waals surface area contributed by atoms with Gasteiger partial charge in [-0.2, -0.15) is 0 Å². The Kier molecular flexibility index (Phi) is 14.3. The SMILES string of the molecule is CCCCNC(=O)C(C)C[C@H](N)[C@@H](C)C[C@H](Cc1ccc(C(C)(C)C)c(OCOC(=O)CC)c1)C(C)C. The van der Waals surface area contributed by atoms with Crippen LogP contribution in [0, 0.1) is 23.7 Å². The van der Waals surface area contributed by atoms with Crippen LogP contribution in [0.3, 0.4) is 0 Å². The molecule has 1 unspecified atom stereocenters. The van der Waals surface area contributed by atoms with Gasteiger partial charge in [0.05, 0.1) is 0 Å². The molecule has 0 saturated carbocycles. The summed E-state index contributed by atoms with van der Waals surface area (Å²) < 4.78 is 11.1. The van der Waals surface area contributed by atoms with E-state index < -0.39 is 0 Å². The molecular formula is C31H54N2O4. The van der Waals surface area contributed by atoms with Gasteiger partial charge in [0.2, 0.25) is 12.7 Å². The van der Waals surface area contributed by atoms with Crippen molar-refractivity contribution in [2.24, 2.45) is 29.4 Å². The third-order valence-corrected chi connectivity index (χ3v) is 7.33. The first-order valence-electron chi connectivity index (χ1n) is 14.2. The van der Waals surface area contributed by atoms with Crippen LogP contribution in [0.1, 0.15) is 106 Å². The number of benzene rings is 1. The molecule has 0 aliphatic carbocycles. The van der Waals surface area contributed by atoms with E-state index in [0.717, 1.165) is 43.5 Å². The number of carbonyl (C=O) groups is 2. The maximum absolute atomic E-state index is 12.4. The Labute approximate surface area is 226 Å². The fraction of sp³-hybridized carbons (Fsp3) is 0.742. The molecule has 37 heavy (non-hydrogen) atoms. The van der Waals surface area contributed by atoms with Crippen molar-refractivity contribution < 1.29 is 19.1 Å². The quantitative estimate of drug-likeness (QED) is 0.150. The number of rotatable bonds is 16. The zero-order valence-electron chi connectivity index (χ0n) is 25.0. The van der Waals surface area contributed by atoms with Crippen molar-refractivity contribution in [3.8, 4) is 5.75 Å². The van der Waals surface area contributed by atoms with Crippen LogP contribution in [-0.4, -0.2) is 31.3 Å². The largest absolute Gasteiger partial charge is 0.457 e. The molecule has 6 nitrogen and oxygen atoms in total. The minimum absolute atomic E-state index is 0.0245. The number of nitrogens with two attached hydrogens (primary N) is 1. The number of ether oxygens (including phenoxy) is 2. The molecule has 0 fully saturated rings. The molecule has 212 valence electrons. The van der Waals surface area contributed by atoms with Gasteiger partial charge in [-0.05, 0) is 66.0 Å². The summed E-state index contributed by atoms with van der Waals surface area (Å²) in [5.41, 5.74) is 8.79. The first-order valence-corrected chi connectivity index (χ1v) is 14.2. The number of hydrogen-bond acceptors (Lipinski definition) is 5. The van der Waals surface area contributed by atoms with E-state index in [1.54, 1.807) is 6.92 Å². The molecule has 0 bridgehead atoms. The van der Waals surface area contributed by atoms with Crippen molar-refractivity contribution >= 4 is 11.9 Å². The highest BCUT2D eigenvalue weighted by molar-refractivity contribution is 5.78. The van der Waals surface area contributed by atoms with Crippen LogP contribution in [0.15, 0.2) is 18.2 Å². The molecule has 0 aliphatic heterocycles. The summed E-state index contributed by atoms with van der Waals surface area (Å²) in [5.74, 6) is 1.75. The van der Waals surface area contributed by atoms with E-state index in [1.807, 2.05) is 6.92 Å². The van der Waals surface area contributed by atoms with E-state index in [0.29, 0.717) is 30.6 Å². The smallest absolute Gasteiger partial charge is 0.308 e. The third-order valence-electron chi connectivity index (χ3n) is 7.33. The first kappa shape index (κ1) is 32.9. The zero-order valence-corrected chi connectivity index (χ0v) is 25.0. The van der Waals surface area contributed by atoms with Gasteiger partial charge in [0.25, 0.3) is 0 Å². The number of nitrogens with one attached hydrogen (secondary N) is 1. The highest BCUT2D eigenvalue weighted by Crippen LogP contribution is 2.34. The van der Waals surface area contributed by atoms with E-state index in [9.17, 15) is 9.59 Å². The summed E-state index contributed by atoms with van der Waals surface area (Å²) in [7, 11) is 0. The second-order valence-corrected chi connectivity index (χ2v) is 12.1. The van der Waals surface area contributed by atoms with Crippen LogP contribution in [0.4, 0.5) is 0 Å². The van der Waals surface area contributed by atoms with E-state index in [-0.39, 0.29) is 36.0 Å². The minimum atomic E-state index is -0.272. The van der Waals surface area contributed by atoms with Gasteiger partial charge >= 0.3 is 5.97 Å².